The van der Waals surface area contributed by atoms with Gasteiger partial charge in [-0.05, 0) is 47.0 Å². The molecule has 2 rings (SSSR count). The molecule has 1 aliphatic rings. The van der Waals surface area contributed by atoms with Crippen LogP contribution >= 0.6 is 0 Å². The lowest BCUT2D eigenvalue weighted by Gasteiger charge is -2.35. The summed E-state index contributed by atoms with van der Waals surface area (Å²) in [4.78, 5) is 38.6. The van der Waals surface area contributed by atoms with Crippen molar-refractivity contribution in [3.63, 3.8) is 0 Å². The van der Waals surface area contributed by atoms with Crippen molar-refractivity contribution in [3.8, 4) is 0 Å². The van der Waals surface area contributed by atoms with Gasteiger partial charge in [-0.2, -0.15) is 0 Å². The first-order chi connectivity index (χ1) is 12.2. The Hall–Kier alpha value is -2.37. The van der Waals surface area contributed by atoms with Gasteiger partial charge in [-0.15, -0.1) is 0 Å². The van der Waals surface area contributed by atoms with Crippen LogP contribution in [0.3, 0.4) is 0 Å². The Morgan fingerprint density at radius 3 is 2.42 bits per heavy atom. The first-order valence-corrected chi connectivity index (χ1v) is 9.04. The molecule has 1 fully saturated rings. The van der Waals surface area contributed by atoms with Crippen LogP contribution in [0.15, 0.2) is 24.3 Å². The number of piperidine rings is 1. The highest BCUT2D eigenvalue weighted by Crippen LogP contribution is 2.20. The summed E-state index contributed by atoms with van der Waals surface area (Å²) < 4.78 is 5.40. The molecule has 0 aromatic heterocycles. The highest BCUT2D eigenvalue weighted by atomic mass is 16.6. The second-order valence-corrected chi connectivity index (χ2v) is 7.69. The number of benzene rings is 1. The van der Waals surface area contributed by atoms with Gasteiger partial charge in [-0.25, -0.2) is 4.79 Å². The zero-order valence-electron chi connectivity index (χ0n) is 16.0. The van der Waals surface area contributed by atoms with E-state index in [2.05, 4.69) is 5.32 Å². The van der Waals surface area contributed by atoms with Gasteiger partial charge < -0.3 is 10.1 Å². The van der Waals surface area contributed by atoms with Gasteiger partial charge >= 0.3 is 6.09 Å². The maximum atomic E-state index is 12.6. The number of nitrogens with zero attached hydrogens (tertiary/aromatic N) is 1. The van der Waals surface area contributed by atoms with E-state index in [0.29, 0.717) is 18.5 Å². The Morgan fingerprint density at radius 2 is 1.81 bits per heavy atom. The molecule has 0 spiro atoms. The lowest BCUT2D eigenvalue weighted by molar-refractivity contribution is -0.127. The van der Waals surface area contributed by atoms with Crippen LogP contribution in [0.5, 0.6) is 0 Å². The lowest BCUT2D eigenvalue weighted by Crippen LogP contribution is -2.53. The van der Waals surface area contributed by atoms with Crippen LogP contribution in [0.2, 0.25) is 0 Å². The summed E-state index contributed by atoms with van der Waals surface area (Å²) in [6, 6.07) is 6.62. The second-order valence-electron chi connectivity index (χ2n) is 7.69. The molecule has 26 heavy (non-hydrogen) atoms. The summed E-state index contributed by atoms with van der Waals surface area (Å²) in [5.74, 6) is -0.464. The predicted octanol–water partition coefficient (Wildman–Crippen LogP) is 3.08. The molecule has 0 radical (unpaired) electrons. The first-order valence-electron chi connectivity index (χ1n) is 9.04. The first kappa shape index (κ1) is 19.9. The number of aryl methyl sites for hydroxylation is 1. The van der Waals surface area contributed by atoms with Crippen molar-refractivity contribution in [2.45, 2.75) is 58.6 Å². The van der Waals surface area contributed by atoms with Crippen LogP contribution in [0.1, 0.15) is 56.0 Å². The number of amides is 2. The van der Waals surface area contributed by atoms with Crippen molar-refractivity contribution in [2.24, 2.45) is 0 Å². The molecule has 1 atom stereocenters. The molecular formula is C20H28N2O4. The number of ether oxygens (including phenoxy) is 1. The van der Waals surface area contributed by atoms with Crippen LogP contribution in [0.25, 0.3) is 0 Å². The topological polar surface area (TPSA) is 75.7 Å². The minimum absolute atomic E-state index is 0.0828. The van der Waals surface area contributed by atoms with Gasteiger partial charge in [-0.3, -0.25) is 14.5 Å². The SMILES string of the molecule is Cc1ccc(C(=O)CNC(=O)[C@@H]2CCCCN2C(=O)OC(C)(C)C)cc1. The Morgan fingerprint density at radius 1 is 1.15 bits per heavy atom. The largest absolute Gasteiger partial charge is 0.444 e. The molecular weight excluding hydrogens is 332 g/mol. The second kappa shape index (κ2) is 8.34. The van der Waals surface area contributed by atoms with Crippen LogP contribution in [0, 0.1) is 6.92 Å². The van der Waals surface area contributed by atoms with Crippen molar-refractivity contribution >= 4 is 17.8 Å². The molecule has 0 bridgehead atoms. The zero-order valence-corrected chi connectivity index (χ0v) is 16.0. The van der Waals surface area contributed by atoms with E-state index in [1.165, 1.54) is 4.90 Å². The summed E-state index contributed by atoms with van der Waals surface area (Å²) in [6.45, 7) is 7.74. The summed E-state index contributed by atoms with van der Waals surface area (Å²) in [6.07, 6.45) is 1.79. The third kappa shape index (κ3) is 5.58. The number of carbonyl (C=O) groups is 3. The summed E-state index contributed by atoms with van der Waals surface area (Å²) in [5, 5.41) is 2.68. The maximum Gasteiger partial charge on any atom is 0.410 e. The minimum Gasteiger partial charge on any atom is -0.444 e. The third-order valence-electron chi connectivity index (χ3n) is 4.23. The van der Waals surface area contributed by atoms with Gasteiger partial charge in [0.1, 0.15) is 11.6 Å². The molecule has 6 nitrogen and oxygen atoms in total. The van der Waals surface area contributed by atoms with E-state index < -0.39 is 17.7 Å². The lowest BCUT2D eigenvalue weighted by atomic mass is 10.0. The molecule has 142 valence electrons. The van der Waals surface area contributed by atoms with E-state index in [1.807, 2.05) is 19.1 Å². The van der Waals surface area contributed by atoms with Crippen molar-refractivity contribution < 1.29 is 19.1 Å². The monoisotopic (exact) mass is 360 g/mol. The number of carbonyl (C=O) groups excluding carboxylic acids is 3. The Balaban J connectivity index is 1.96. The van der Waals surface area contributed by atoms with Gasteiger partial charge in [0, 0.05) is 12.1 Å². The van der Waals surface area contributed by atoms with Crippen LogP contribution < -0.4 is 5.32 Å². The van der Waals surface area contributed by atoms with E-state index in [9.17, 15) is 14.4 Å². The van der Waals surface area contributed by atoms with Crippen LogP contribution in [-0.2, 0) is 9.53 Å². The smallest absolute Gasteiger partial charge is 0.410 e. The summed E-state index contributed by atoms with van der Waals surface area (Å²) in [5.41, 5.74) is 1.01. The molecule has 1 N–H and O–H groups in total. The fourth-order valence-electron chi connectivity index (χ4n) is 2.87. The van der Waals surface area contributed by atoms with Crippen LogP contribution in [-0.4, -0.2) is 47.4 Å². The Labute approximate surface area is 154 Å². The molecule has 2 amide bonds. The zero-order chi connectivity index (χ0) is 19.3. The van der Waals surface area contributed by atoms with Gasteiger partial charge in [0.2, 0.25) is 5.91 Å². The number of hydrogen-bond donors (Lipinski definition) is 1. The number of hydrogen-bond acceptors (Lipinski definition) is 4. The molecule has 1 saturated heterocycles. The van der Waals surface area contributed by atoms with E-state index in [1.54, 1.807) is 32.9 Å². The highest BCUT2D eigenvalue weighted by Gasteiger charge is 2.34. The number of ketones is 1. The standard InChI is InChI=1S/C20H28N2O4/c1-14-8-10-15(11-9-14)17(23)13-21-18(24)16-7-5-6-12-22(16)19(25)26-20(2,3)4/h8-11,16H,5-7,12-13H2,1-4H3,(H,21,24)/t16-/m0/s1. The van der Waals surface area contributed by atoms with Gasteiger partial charge in [0.25, 0.3) is 0 Å². The molecule has 1 heterocycles. The van der Waals surface area contributed by atoms with Crippen molar-refractivity contribution in [1.82, 2.24) is 10.2 Å². The fourth-order valence-corrected chi connectivity index (χ4v) is 2.87. The Bertz CT molecular complexity index is 661. The number of nitrogens with one attached hydrogen (secondary N) is 1. The van der Waals surface area contributed by atoms with Crippen molar-refractivity contribution in [2.75, 3.05) is 13.1 Å². The molecule has 0 saturated carbocycles. The van der Waals surface area contributed by atoms with Gasteiger partial charge in [-0.1, -0.05) is 29.8 Å². The normalized spacial score (nSPS) is 17.5. The predicted molar refractivity (Wildman–Crippen MR) is 99.1 cm³/mol. The molecule has 1 aromatic carbocycles. The number of likely N-dealkylation sites (tertiary alicyclic amines) is 1. The number of Topliss-reactive ketones (excluding diaryl/α,β-unsaturated/α-hetero) is 1. The summed E-state index contributed by atoms with van der Waals surface area (Å²) in [7, 11) is 0. The average molecular weight is 360 g/mol. The van der Waals surface area contributed by atoms with E-state index >= 15 is 0 Å². The Kier molecular flexibility index (Phi) is 6.40. The van der Waals surface area contributed by atoms with Crippen molar-refractivity contribution in [1.29, 1.82) is 0 Å². The number of rotatable bonds is 4. The summed E-state index contributed by atoms with van der Waals surface area (Å²) >= 11 is 0. The fraction of sp³-hybridized carbons (Fsp3) is 0.550. The molecule has 0 unspecified atom stereocenters. The highest BCUT2D eigenvalue weighted by molar-refractivity contribution is 6.00. The third-order valence-corrected chi connectivity index (χ3v) is 4.23. The quantitative estimate of drug-likeness (QED) is 0.837. The van der Waals surface area contributed by atoms with E-state index in [-0.39, 0.29) is 18.2 Å². The molecule has 1 aromatic rings. The maximum absolute atomic E-state index is 12.6. The van der Waals surface area contributed by atoms with Gasteiger partial charge in [0.15, 0.2) is 5.78 Å². The van der Waals surface area contributed by atoms with Gasteiger partial charge in [0.05, 0.1) is 6.54 Å². The van der Waals surface area contributed by atoms with E-state index in [4.69, 9.17) is 4.74 Å². The molecule has 1 aliphatic heterocycles. The molecule has 0 aliphatic carbocycles. The van der Waals surface area contributed by atoms with Crippen molar-refractivity contribution in [3.05, 3.63) is 35.4 Å². The minimum atomic E-state index is -0.614. The van der Waals surface area contributed by atoms with Crippen LogP contribution in [0.4, 0.5) is 4.79 Å². The van der Waals surface area contributed by atoms with E-state index in [0.717, 1.165) is 18.4 Å². The molecule has 6 heteroatoms. The average Bonchev–Trinajstić information content (AvgIpc) is 2.58.